The summed E-state index contributed by atoms with van der Waals surface area (Å²) in [5, 5.41) is 0. The van der Waals surface area contributed by atoms with E-state index in [2.05, 4.69) is 54.6 Å². The van der Waals surface area contributed by atoms with Gasteiger partial charge >= 0.3 is 102 Å². The summed E-state index contributed by atoms with van der Waals surface area (Å²) in [7, 11) is 0. The number of rotatable bonds is 2. The molecule has 0 radical (unpaired) electrons. The number of allylic oxidation sites excluding steroid dienone is 5. The van der Waals surface area contributed by atoms with Crippen molar-refractivity contribution in [1.29, 1.82) is 0 Å². The van der Waals surface area contributed by atoms with E-state index in [-0.39, 0.29) is 2.85 Å². The van der Waals surface area contributed by atoms with E-state index < -0.39 is 22.9 Å². The fourth-order valence-corrected chi connectivity index (χ4v) is 7.30. The first-order valence-electron chi connectivity index (χ1n) is 5.33. The molecule has 0 spiro atoms. The minimum absolute atomic E-state index is 0. The molecule has 74 valence electrons. The first-order valence-corrected chi connectivity index (χ1v) is 9.20. The maximum Gasteiger partial charge on any atom is -1.00 e. The van der Waals surface area contributed by atoms with Crippen LogP contribution in [0.4, 0.5) is 0 Å². The Kier molecular flexibility index (Phi) is 2.57. The summed E-state index contributed by atoms with van der Waals surface area (Å²) in [5.74, 6) is 0. The van der Waals surface area contributed by atoms with Crippen LogP contribution >= 0.6 is 0 Å². The third-order valence-electron chi connectivity index (χ3n) is 2.91. The zero-order valence-electron chi connectivity index (χ0n) is 10.5. The molecule has 0 fully saturated rings. The van der Waals surface area contributed by atoms with E-state index in [0.717, 1.165) is 3.67 Å². The summed E-state index contributed by atoms with van der Waals surface area (Å²) in [6.07, 6.45) is 12.8. The Hall–Kier alpha value is -0.690. The topological polar surface area (TPSA) is 0 Å². The molecule has 1 atom stereocenters. The van der Waals surface area contributed by atoms with E-state index >= 15 is 0 Å². The van der Waals surface area contributed by atoms with Crippen LogP contribution in [0.3, 0.4) is 0 Å². The van der Waals surface area contributed by atoms with Gasteiger partial charge in [0.15, 0.2) is 0 Å². The second kappa shape index (κ2) is 4.05. The van der Waals surface area contributed by atoms with E-state index in [1.54, 1.807) is 8.89 Å². The molecule has 3 rings (SSSR count). The van der Waals surface area contributed by atoms with Crippen molar-refractivity contribution < 1.29 is 25.8 Å². The van der Waals surface area contributed by atoms with E-state index in [1.165, 1.54) is 12.0 Å². The molecule has 0 saturated carbocycles. The van der Waals surface area contributed by atoms with Gasteiger partial charge in [0.1, 0.15) is 0 Å². The van der Waals surface area contributed by atoms with Crippen LogP contribution in [0.1, 0.15) is 24.1 Å². The quantitative estimate of drug-likeness (QED) is 0.702. The summed E-state index contributed by atoms with van der Waals surface area (Å²) in [6, 6.07) is 8.84. The zero-order valence-corrected chi connectivity index (χ0v) is 12.1. The van der Waals surface area contributed by atoms with Crippen molar-refractivity contribution in [3.05, 3.63) is 63.0 Å². The Morgan fingerprint density at radius 1 is 1.27 bits per heavy atom. The minimum atomic E-state index is -0.658. The van der Waals surface area contributed by atoms with Gasteiger partial charge in [0, 0.05) is 0 Å². The third-order valence-corrected chi connectivity index (χ3v) is 8.50. The Morgan fingerprint density at radius 2 is 2.20 bits per heavy atom. The molecule has 1 aromatic carbocycles. The SMILES string of the molecule is C1=CC[C]([Hf+2][CH]2C=Cc3ccccc32)=C1.[H-].[H-]. The van der Waals surface area contributed by atoms with Crippen molar-refractivity contribution in [2.75, 3.05) is 0 Å². The van der Waals surface area contributed by atoms with Gasteiger partial charge in [0.2, 0.25) is 0 Å². The second-order valence-electron chi connectivity index (χ2n) is 3.93. The maximum atomic E-state index is 2.42. The summed E-state index contributed by atoms with van der Waals surface area (Å²) in [4.78, 5) is 0. The number of benzene rings is 1. The van der Waals surface area contributed by atoms with Gasteiger partial charge in [0.05, 0.1) is 0 Å². The predicted octanol–water partition coefficient (Wildman–Crippen LogP) is 3.91. The van der Waals surface area contributed by atoms with Gasteiger partial charge in [0.25, 0.3) is 0 Å². The van der Waals surface area contributed by atoms with Crippen molar-refractivity contribution in [2.24, 2.45) is 0 Å². The van der Waals surface area contributed by atoms with Gasteiger partial charge < -0.3 is 2.85 Å². The van der Waals surface area contributed by atoms with Crippen LogP contribution in [0, 0.1) is 0 Å². The molecule has 0 nitrogen and oxygen atoms in total. The standard InChI is InChI=1S/C9H7.C5H5.Hf.2H/c1-2-5-9-7-3-6-8(9)4-1;1-2-4-5-3-1;;;/h1-7H;1-3H,4H2;;;/q;;+2;2*-1. The Morgan fingerprint density at radius 3 is 3.07 bits per heavy atom. The van der Waals surface area contributed by atoms with Crippen molar-refractivity contribution in [2.45, 2.75) is 10.1 Å². The van der Waals surface area contributed by atoms with E-state index in [9.17, 15) is 0 Å². The molecule has 0 heterocycles. The third kappa shape index (κ3) is 1.85. The molecule has 0 bridgehead atoms. The summed E-state index contributed by atoms with van der Waals surface area (Å²) in [6.45, 7) is 0. The Labute approximate surface area is 105 Å². The van der Waals surface area contributed by atoms with Crippen molar-refractivity contribution in [3.63, 3.8) is 0 Å². The smallest absolute Gasteiger partial charge is 1.00 e. The minimum Gasteiger partial charge on any atom is -1.00 e. The fraction of sp³-hybridized carbons (Fsp3) is 0.143. The van der Waals surface area contributed by atoms with Crippen LogP contribution in [0.5, 0.6) is 0 Å². The van der Waals surface area contributed by atoms with E-state index in [4.69, 9.17) is 0 Å². The molecule has 15 heavy (non-hydrogen) atoms. The van der Waals surface area contributed by atoms with Crippen molar-refractivity contribution >= 4 is 6.08 Å². The van der Waals surface area contributed by atoms with Crippen LogP contribution < -0.4 is 0 Å². The maximum absolute atomic E-state index is 2.42. The summed E-state index contributed by atoms with van der Waals surface area (Å²) in [5.41, 5.74) is 3.02. The molecule has 0 amide bonds. The summed E-state index contributed by atoms with van der Waals surface area (Å²) < 4.78 is 2.55. The summed E-state index contributed by atoms with van der Waals surface area (Å²) >= 11 is -0.658. The molecule has 0 N–H and O–H groups in total. The van der Waals surface area contributed by atoms with Crippen LogP contribution in [-0.4, -0.2) is 0 Å². The first kappa shape index (κ1) is 9.53. The molecule has 1 heteroatoms. The normalized spacial score (nSPS) is 21.3. The van der Waals surface area contributed by atoms with Crippen LogP contribution in [0.25, 0.3) is 6.08 Å². The van der Waals surface area contributed by atoms with Gasteiger partial charge in [-0.25, -0.2) is 0 Å². The molecule has 2 aliphatic carbocycles. The molecule has 1 unspecified atom stereocenters. The monoisotopic (exact) mass is 362 g/mol. The molecule has 0 saturated heterocycles. The van der Waals surface area contributed by atoms with Gasteiger partial charge in [-0.05, 0) is 0 Å². The molecule has 0 aromatic heterocycles. The zero-order chi connectivity index (χ0) is 10.1. The molecular formula is C14H14Hf. The molecular weight excluding hydrogens is 347 g/mol. The number of hydrogen-bond acceptors (Lipinski definition) is 0. The largest absolute Gasteiger partial charge is 1.00 e. The average molecular weight is 361 g/mol. The Balaban J connectivity index is 0.000000722. The van der Waals surface area contributed by atoms with E-state index in [0.29, 0.717) is 0 Å². The predicted molar refractivity (Wildman–Crippen MR) is 62.3 cm³/mol. The van der Waals surface area contributed by atoms with E-state index in [1.807, 2.05) is 0 Å². The number of hydrogen-bond donors (Lipinski definition) is 0. The van der Waals surface area contributed by atoms with Crippen molar-refractivity contribution in [3.8, 4) is 0 Å². The van der Waals surface area contributed by atoms with Crippen LogP contribution in [0.15, 0.2) is 51.9 Å². The number of fused-ring (bicyclic) bond motifs is 1. The van der Waals surface area contributed by atoms with Gasteiger partial charge in [-0.2, -0.15) is 0 Å². The van der Waals surface area contributed by atoms with Gasteiger partial charge in [-0.3, -0.25) is 0 Å². The van der Waals surface area contributed by atoms with Gasteiger partial charge in [-0.15, -0.1) is 0 Å². The van der Waals surface area contributed by atoms with Crippen molar-refractivity contribution in [1.82, 2.24) is 0 Å². The second-order valence-corrected chi connectivity index (χ2v) is 9.51. The van der Waals surface area contributed by atoms with Crippen LogP contribution in [0.2, 0.25) is 0 Å². The average Bonchev–Trinajstić information content (AvgIpc) is 2.89. The first-order chi connectivity index (χ1) is 7.43. The molecule has 1 aromatic rings. The Bertz CT molecular complexity index is 475. The molecule has 2 aliphatic rings. The molecule has 0 aliphatic heterocycles. The van der Waals surface area contributed by atoms with Crippen LogP contribution in [-0.2, 0) is 22.9 Å². The fourth-order valence-electron chi connectivity index (χ4n) is 2.13. The van der Waals surface area contributed by atoms with Gasteiger partial charge in [-0.1, -0.05) is 0 Å².